The number of imidazole rings is 1. The van der Waals surface area contributed by atoms with E-state index in [4.69, 9.17) is 16.6 Å². The maximum atomic E-state index is 13.5. The van der Waals surface area contributed by atoms with Crippen molar-refractivity contribution in [1.29, 1.82) is 0 Å². The second-order valence-electron chi connectivity index (χ2n) is 6.80. The smallest absolute Gasteiger partial charge is 0.181 e. The number of halogens is 2. The molecule has 1 aliphatic heterocycles. The molecule has 1 aromatic carbocycles. The molecule has 6 nitrogen and oxygen atoms in total. The van der Waals surface area contributed by atoms with Crippen LogP contribution in [-0.4, -0.2) is 38.5 Å². The lowest BCUT2D eigenvalue weighted by Gasteiger charge is -2.24. The van der Waals surface area contributed by atoms with E-state index in [0.29, 0.717) is 27.8 Å². The lowest BCUT2D eigenvalue weighted by atomic mass is 10.1. The summed E-state index contributed by atoms with van der Waals surface area (Å²) in [5.41, 5.74) is 2.86. The van der Waals surface area contributed by atoms with E-state index in [-0.39, 0.29) is 11.9 Å². The minimum absolute atomic E-state index is 0.285. The largest absolute Gasteiger partial charge is 0.363 e. The molecule has 27 heavy (non-hydrogen) atoms. The Hall–Kier alpha value is -2.64. The molecule has 138 valence electrons. The Bertz CT molecular complexity index is 1130. The molecule has 4 heterocycles. The highest BCUT2D eigenvalue weighted by Crippen LogP contribution is 2.35. The summed E-state index contributed by atoms with van der Waals surface area (Å²) in [6, 6.07) is 4.94. The number of hydrogen-bond donors (Lipinski definition) is 3. The van der Waals surface area contributed by atoms with Gasteiger partial charge in [0.25, 0.3) is 0 Å². The van der Waals surface area contributed by atoms with E-state index < -0.39 is 0 Å². The van der Waals surface area contributed by atoms with Crippen LogP contribution in [0.3, 0.4) is 0 Å². The van der Waals surface area contributed by atoms with Gasteiger partial charge in [-0.2, -0.15) is 0 Å². The van der Waals surface area contributed by atoms with Crippen molar-refractivity contribution in [2.75, 3.05) is 18.4 Å². The second-order valence-corrected chi connectivity index (χ2v) is 7.16. The number of fused-ring (bicyclic) bond motifs is 2. The van der Waals surface area contributed by atoms with Crippen LogP contribution in [0.25, 0.3) is 27.8 Å². The fraction of sp³-hybridized carbons (Fsp3) is 0.263. The summed E-state index contributed by atoms with van der Waals surface area (Å²) in [6.07, 6.45) is 7.54. The molecule has 8 heteroatoms. The number of anilines is 1. The highest BCUT2D eigenvalue weighted by molar-refractivity contribution is 6.32. The summed E-state index contributed by atoms with van der Waals surface area (Å²) in [7, 11) is 0. The molecule has 5 rings (SSSR count). The quantitative estimate of drug-likeness (QED) is 0.502. The summed E-state index contributed by atoms with van der Waals surface area (Å²) in [4.78, 5) is 12.3. The first-order chi connectivity index (χ1) is 13.2. The molecular weight excluding hydrogens is 367 g/mol. The Labute approximate surface area is 159 Å². The summed E-state index contributed by atoms with van der Waals surface area (Å²) in [5, 5.41) is 8.25. The van der Waals surface area contributed by atoms with Gasteiger partial charge in [-0.25, -0.2) is 14.4 Å². The second kappa shape index (κ2) is 6.51. The van der Waals surface area contributed by atoms with Crippen molar-refractivity contribution in [2.24, 2.45) is 0 Å². The molecule has 1 atom stereocenters. The van der Waals surface area contributed by atoms with Crippen molar-refractivity contribution in [3.05, 3.63) is 47.8 Å². The number of nitrogens with zero attached hydrogens (tertiary/aromatic N) is 3. The number of aromatic nitrogens is 4. The van der Waals surface area contributed by atoms with Gasteiger partial charge in [-0.15, -0.1) is 0 Å². The van der Waals surface area contributed by atoms with E-state index in [1.807, 2.05) is 16.8 Å². The molecule has 0 radical (unpaired) electrons. The maximum Gasteiger partial charge on any atom is 0.181 e. The van der Waals surface area contributed by atoms with Gasteiger partial charge in [0.05, 0.1) is 0 Å². The Balaban J connectivity index is 1.66. The lowest BCUT2D eigenvalue weighted by Crippen LogP contribution is -2.38. The Morgan fingerprint density at radius 3 is 3.11 bits per heavy atom. The third-order valence-corrected chi connectivity index (χ3v) is 5.38. The van der Waals surface area contributed by atoms with Gasteiger partial charge in [-0.3, -0.25) is 4.40 Å². The van der Waals surface area contributed by atoms with E-state index in [2.05, 4.69) is 20.6 Å². The van der Waals surface area contributed by atoms with Crippen LogP contribution in [0, 0.1) is 5.82 Å². The maximum absolute atomic E-state index is 13.5. The fourth-order valence-electron chi connectivity index (χ4n) is 3.69. The van der Waals surface area contributed by atoms with Crippen molar-refractivity contribution in [3.63, 3.8) is 0 Å². The first kappa shape index (κ1) is 16.5. The minimum Gasteiger partial charge on any atom is -0.363 e. The zero-order chi connectivity index (χ0) is 18.4. The van der Waals surface area contributed by atoms with Gasteiger partial charge in [-0.05, 0) is 37.6 Å². The third kappa shape index (κ3) is 2.83. The first-order valence-electron chi connectivity index (χ1n) is 8.97. The molecule has 3 aromatic heterocycles. The average molecular weight is 385 g/mol. The summed E-state index contributed by atoms with van der Waals surface area (Å²) < 4.78 is 15.4. The van der Waals surface area contributed by atoms with Gasteiger partial charge >= 0.3 is 0 Å². The monoisotopic (exact) mass is 384 g/mol. The minimum atomic E-state index is -0.285. The summed E-state index contributed by atoms with van der Waals surface area (Å²) >= 11 is 6.65. The predicted molar refractivity (Wildman–Crippen MR) is 105 cm³/mol. The normalized spacial score (nSPS) is 17.6. The molecule has 0 bridgehead atoms. The van der Waals surface area contributed by atoms with Gasteiger partial charge in [0.15, 0.2) is 11.5 Å². The van der Waals surface area contributed by atoms with Crippen molar-refractivity contribution >= 4 is 34.0 Å². The highest BCUT2D eigenvalue weighted by Gasteiger charge is 2.20. The highest BCUT2D eigenvalue weighted by atomic mass is 35.5. The van der Waals surface area contributed by atoms with E-state index >= 15 is 0 Å². The topological polar surface area (TPSA) is 70.0 Å². The molecule has 0 unspecified atom stereocenters. The van der Waals surface area contributed by atoms with Gasteiger partial charge in [0.2, 0.25) is 0 Å². The molecule has 3 N–H and O–H groups in total. The third-order valence-electron chi connectivity index (χ3n) is 5.02. The van der Waals surface area contributed by atoms with Crippen molar-refractivity contribution in [2.45, 2.75) is 18.9 Å². The molecule has 0 spiro atoms. The summed E-state index contributed by atoms with van der Waals surface area (Å²) in [6.45, 7) is 1.93. The fourth-order valence-corrected chi connectivity index (χ4v) is 3.97. The first-order valence-corrected chi connectivity index (χ1v) is 9.35. The van der Waals surface area contributed by atoms with E-state index in [1.165, 1.54) is 12.1 Å². The number of aromatic amines is 1. The van der Waals surface area contributed by atoms with E-state index in [0.717, 1.165) is 36.9 Å². The molecule has 1 aliphatic rings. The zero-order valence-electron chi connectivity index (χ0n) is 14.5. The molecule has 4 aromatic rings. The van der Waals surface area contributed by atoms with Gasteiger partial charge in [0.1, 0.15) is 16.7 Å². The van der Waals surface area contributed by atoms with Crippen LogP contribution < -0.4 is 10.6 Å². The summed E-state index contributed by atoms with van der Waals surface area (Å²) in [5.74, 6) is 0.414. The lowest BCUT2D eigenvalue weighted by molar-refractivity contribution is 0.479. The molecule has 1 saturated heterocycles. The Kier molecular flexibility index (Phi) is 3.98. The Morgan fingerprint density at radius 2 is 2.26 bits per heavy atom. The van der Waals surface area contributed by atoms with Gasteiger partial charge in [-0.1, -0.05) is 11.6 Å². The van der Waals surface area contributed by atoms with Crippen LogP contribution >= 0.6 is 11.6 Å². The van der Waals surface area contributed by atoms with Crippen LogP contribution in [0.1, 0.15) is 12.8 Å². The van der Waals surface area contributed by atoms with Crippen LogP contribution in [0.4, 0.5) is 10.2 Å². The predicted octanol–water partition coefficient (Wildman–Crippen LogP) is 3.83. The van der Waals surface area contributed by atoms with Crippen LogP contribution in [0.15, 0.2) is 36.8 Å². The standard InChI is InChI=1S/C19H18ClFN6/c20-17-16(14-10-24-15-8-11(21)3-4-13(14)15)26-18(19-23-6-7-27(17)19)25-12-2-1-5-22-9-12/h3-4,6-8,10,12,22,24H,1-2,5,9H2,(H,25,26)/t12-/m0/s1. The van der Waals surface area contributed by atoms with E-state index in [1.54, 1.807) is 12.3 Å². The molecule has 0 amide bonds. The molecule has 0 saturated carbocycles. The number of piperidine rings is 1. The molecular formula is C19H18ClFN6. The van der Waals surface area contributed by atoms with Gasteiger partial charge < -0.3 is 15.6 Å². The van der Waals surface area contributed by atoms with Crippen molar-refractivity contribution < 1.29 is 4.39 Å². The number of nitrogens with one attached hydrogen (secondary N) is 3. The van der Waals surface area contributed by atoms with E-state index in [9.17, 15) is 4.39 Å². The van der Waals surface area contributed by atoms with Crippen molar-refractivity contribution in [1.82, 2.24) is 24.7 Å². The van der Waals surface area contributed by atoms with Gasteiger partial charge in [0, 0.05) is 47.6 Å². The van der Waals surface area contributed by atoms with Crippen molar-refractivity contribution in [3.8, 4) is 11.3 Å². The van der Waals surface area contributed by atoms with Crippen LogP contribution in [0.5, 0.6) is 0 Å². The van der Waals surface area contributed by atoms with Crippen LogP contribution in [0.2, 0.25) is 5.15 Å². The average Bonchev–Trinajstić information content (AvgIpc) is 3.32. The molecule has 1 fully saturated rings. The zero-order valence-corrected chi connectivity index (χ0v) is 15.2. The Morgan fingerprint density at radius 1 is 1.33 bits per heavy atom. The number of hydrogen-bond acceptors (Lipinski definition) is 4. The SMILES string of the molecule is Fc1ccc2c(-c3nc(N[C@H]4CCCNC4)c4nccn4c3Cl)c[nH]c2c1. The number of H-pyrrole nitrogens is 1. The molecule has 0 aliphatic carbocycles. The number of benzene rings is 1. The van der Waals surface area contributed by atoms with Crippen LogP contribution in [-0.2, 0) is 0 Å². The number of rotatable bonds is 3.